The van der Waals surface area contributed by atoms with Gasteiger partial charge in [0.25, 0.3) is 6.71 Å². The van der Waals surface area contributed by atoms with Gasteiger partial charge in [-0.1, -0.05) is 260 Å². The molecule has 0 atom stereocenters. The SMILES string of the molecule is CC(C)(C)c1cc(-c2ccccc2)c(N2c3ccc(-c4ccccc4)cc3B3c4ccc(-c5ccc6cc7ccccc7cc6c5)cc4N(c4c(-c5ccccc5)cc(C(C)(C)C)cc4-c4ccccc4)c4cccc2c43)c(-c2ccccc2)c1. The van der Waals surface area contributed by atoms with E-state index in [0.717, 1.165) is 28.4 Å². The summed E-state index contributed by atoms with van der Waals surface area (Å²) >= 11 is 0. The number of anilines is 6. The minimum absolute atomic E-state index is 0.132. The Kier molecular flexibility index (Phi) is 12.5. The predicted octanol–water partition coefficient (Wildman–Crippen LogP) is 20.7. The molecule has 3 heteroatoms. The average Bonchev–Trinajstić information content (AvgIpc) is 0.772. The van der Waals surface area contributed by atoms with Crippen molar-refractivity contribution in [3.05, 3.63) is 296 Å². The maximum Gasteiger partial charge on any atom is 0.252 e. The molecular weight excluding hydrogens is 1020 g/mol. The van der Waals surface area contributed by atoms with E-state index in [0.29, 0.717) is 0 Å². The summed E-state index contributed by atoms with van der Waals surface area (Å²) in [5.41, 5.74) is 27.2. The Bertz CT molecular complexity index is 4590. The Morgan fingerprint density at radius 3 is 1.09 bits per heavy atom. The minimum atomic E-state index is -0.146. The van der Waals surface area contributed by atoms with E-state index in [4.69, 9.17) is 0 Å². The van der Waals surface area contributed by atoms with Crippen molar-refractivity contribution in [1.82, 2.24) is 0 Å². The van der Waals surface area contributed by atoms with E-state index in [-0.39, 0.29) is 17.5 Å². The van der Waals surface area contributed by atoms with Gasteiger partial charge in [0.2, 0.25) is 0 Å². The van der Waals surface area contributed by atoms with Gasteiger partial charge in [0, 0.05) is 45.0 Å². The van der Waals surface area contributed by atoms with Crippen LogP contribution in [0.4, 0.5) is 34.1 Å². The normalized spacial score (nSPS) is 12.8. The standard InChI is InChI=1S/C82H65BN2/c1-81(2,3)66-50-68(55-27-14-8-15-28-55)79(69(51-66)56-29-16-9-17-30-56)84-74-44-42-63(54-25-12-7-13-26-54)48-73(74)83-72-43-41-64(61-39-40-62-45-59-35-22-23-36-60(59)46-65(62)47-61)49-77(72)85(76-38-24-37-75(84)78(76)83)80-70(57-31-18-10-19-32-57)52-67(82(4,5)6)53-71(80)58-33-20-11-21-34-58/h7-53H,1-6H3. The van der Waals surface area contributed by atoms with Gasteiger partial charge in [-0.3, -0.25) is 0 Å². The molecule has 0 fully saturated rings. The van der Waals surface area contributed by atoms with Crippen molar-refractivity contribution in [2.75, 3.05) is 9.80 Å². The zero-order valence-corrected chi connectivity index (χ0v) is 49.1. The van der Waals surface area contributed by atoms with Gasteiger partial charge in [-0.25, -0.2) is 0 Å². The maximum absolute atomic E-state index is 2.67. The van der Waals surface area contributed by atoms with Crippen LogP contribution in [0.25, 0.3) is 88.3 Å². The van der Waals surface area contributed by atoms with Crippen LogP contribution < -0.4 is 26.2 Å². The molecule has 2 aliphatic rings. The van der Waals surface area contributed by atoms with E-state index < -0.39 is 0 Å². The Labute approximate surface area is 501 Å². The van der Waals surface area contributed by atoms with E-state index in [1.807, 2.05) is 0 Å². The highest BCUT2D eigenvalue weighted by atomic mass is 15.2. The van der Waals surface area contributed by atoms with Gasteiger partial charge in [0.1, 0.15) is 0 Å². The van der Waals surface area contributed by atoms with E-state index >= 15 is 0 Å². The summed E-state index contributed by atoms with van der Waals surface area (Å²) in [5, 5.41) is 4.96. The molecule has 0 aromatic heterocycles. The molecule has 0 amide bonds. The second-order valence-electron chi connectivity index (χ2n) is 25.3. The number of hydrogen-bond acceptors (Lipinski definition) is 2. The van der Waals surface area contributed by atoms with Gasteiger partial charge < -0.3 is 9.80 Å². The zero-order chi connectivity index (χ0) is 57.6. The highest BCUT2D eigenvalue weighted by Gasteiger charge is 2.45. The van der Waals surface area contributed by atoms with Gasteiger partial charge in [0.05, 0.1) is 11.4 Å². The third-order valence-corrected chi connectivity index (χ3v) is 17.9. The molecule has 2 nitrogen and oxygen atoms in total. The highest BCUT2D eigenvalue weighted by molar-refractivity contribution is 7.00. The lowest BCUT2D eigenvalue weighted by Crippen LogP contribution is -2.61. The molecule has 0 bridgehead atoms. The van der Waals surface area contributed by atoms with Crippen molar-refractivity contribution >= 4 is 78.8 Å². The molecule has 0 spiro atoms. The molecule has 406 valence electrons. The summed E-state index contributed by atoms with van der Waals surface area (Å²) in [6, 6.07) is 107. The molecule has 0 aliphatic carbocycles. The third kappa shape index (κ3) is 9.05. The number of rotatable bonds is 8. The molecule has 2 aliphatic heterocycles. The first-order valence-corrected chi connectivity index (χ1v) is 30.0. The van der Waals surface area contributed by atoms with E-state index in [1.165, 1.54) is 122 Å². The van der Waals surface area contributed by atoms with E-state index in [1.54, 1.807) is 0 Å². The van der Waals surface area contributed by atoms with Crippen LogP contribution in [-0.4, -0.2) is 6.71 Å². The number of benzene rings is 13. The number of fused-ring (bicyclic) bond motifs is 6. The lowest BCUT2D eigenvalue weighted by Gasteiger charge is -2.46. The van der Waals surface area contributed by atoms with Crippen molar-refractivity contribution in [2.24, 2.45) is 0 Å². The van der Waals surface area contributed by atoms with Crippen LogP contribution in [0, 0.1) is 0 Å². The Morgan fingerprint density at radius 2 is 0.624 bits per heavy atom. The Hall–Kier alpha value is -9.96. The first kappa shape index (κ1) is 51.9. The minimum Gasteiger partial charge on any atom is -0.310 e. The van der Waals surface area contributed by atoms with Crippen LogP contribution in [0.1, 0.15) is 52.7 Å². The van der Waals surface area contributed by atoms with Crippen LogP contribution in [0.5, 0.6) is 0 Å². The molecule has 0 N–H and O–H groups in total. The largest absolute Gasteiger partial charge is 0.310 e. The van der Waals surface area contributed by atoms with Gasteiger partial charge in [-0.2, -0.15) is 0 Å². The van der Waals surface area contributed by atoms with Crippen LogP contribution in [-0.2, 0) is 10.8 Å². The Morgan fingerprint density at radius 1 is 0.247 bits per heavy atom. The summed E-state index contributed by atoms with van der Waals surface area (Å²) in [7, 11) is 0. The first-order chi connectivity index (χ1) is 41.4. The van der Waals surface area contributed by atoms with Crippen LogP contribution >= 0.6 is 0 Å². The predicted molar refractivity (Wildman–Crippen MR) is 365 cm³/mol. The molecule has 0 radical (unpaired) electrons. The van der Waals surface area contributed by atoms with Crippen molar-refractivity contribution in [3.63, 3.8) is 0 Å². The molecule has 0 unspecified atom stereocenters. The van der Waals surface area contributed by atoms with Crippen LogP contribution in [0.3, 0.4) is 0 Å². The molecular formula is C82H65BN2. The van der Waals surface area contributed by atoms with Gasteiger partial charge >= 0.3 is 0 Å². The first-order valence-electron chi connectivity index (χ1n) is 30.0. The summed E-state index contributed by atoms with van der Waals surface area (Å²) in [4.78, 5) is 5.31. The van der Waals surface area contributed by atoms with Crippen molar-refractivity contribution < 1.29 is 0 Å². The fourth-order valence-electron chi connectivity index (χ4n) is 13.5. The third-order valence-electron chi connectivity index (χ3n) is 17.9. The monoisotopic (exact) mass is 1090 g/mol. The smallest absolute Gasteiger partial charge is 0.252 e. The zero-order valence-electron chi connectivity index (χ0n) is 49.1. The summed E-state index contributed by atoms with van der Waals surface area (Å²) in [5.74, 6) is 0. The number of nitrogens with zero attached hydrogens (tertiary/aromatic N) is 2. The highest BCUT2D eigenvalue weighted by Crippen LogP contribution is 2.54. The maximum atomic E-state index is 2.67. The van der Waals surface area contributed by atoms with Gasteiger partial charge in [-0.15, -0.1) is 0 Å². The fraction of sp³-hybridized carbons (Fsp3) is 0.0976. The van der Waals surface area contributed by atoms with Gasteiger partial charge in [-0.05, 0) is 171 Å². The molecule has 13 aromatic rings. The summed E-state index contributed by atoms with van der Waals surface area (Å²) in [6.07, 6.45) is 0. The quantitative estimate of drug-likeness (QED) is 0.111. The van der Waals surface area contributed by atoms with Crippen molar-refractivity contribution in [3.8, 4) is 66.8 Å². The lowest BCUT2D eigenvalue weighted by atomic mass is 9.33. The van der Waals surface area contributed by atoms with Crippen LogP contribution in [0.2, 0.25) is 0 Å². The average molecular weight is 1090 g/mol. The van der Waals surface area contributed by atoms with E-state index in [2.05, 4.69) is 336 Å². The van der Waals surface area contributed by atoms with E-state index in [9.17, 15) is 0 Å². The van der Waals surface area contributed by atoms with Crippen molar-refractivity contribution in [1.29, 1.82) is 0 Å². The fourth-order valence-corrected chi connectivity index (χ4v) is 13.5. The van der Waals surface area contributed by atoms with Crippen LogP contribution in [0.15, 0.2) is 285 Å². The summed E-state index contributed by atoms with van der Waals surface area (Å²) < 4.78 is 0. The van der Waals surface area contributed by atoms with Gasteiger partial charge in [0.15, 0.2) is 0 Å². The topological polar surface area (TPSA) is 6.48 Å². The number of hydrogen-bond donors (Lipinski definition) is 0. The molecule has 13 aromatic carbocycles. The summed E-state index contributed by atoms with van der Waals surface area (Å²) in [6.45, 7) is 13.9. The Balaban J connectivity index is 1.08. The molecule has 2 heterocycles. The molecule has 85 heavy (non-hydrogen) atoms. The lowest BCUT2D eigenvalue weighted by molar-refractivity contribution is 0.590. The molecule has 0 saturated heterocycles. The molecule has 0 saturated carbocycles. The molecule has 15 rings (SSSR count). The second-order valence-corrected chi connectivity index (χ2v) is 25.3. The van der Waals surface area contributed by atoms with Crippen molar-refractivity contribution in [2.45, 2.75) is 52.4 Å². The second kappa shape index (κ2) is 20.4.